The highest BCUT2D eigenvalue weighted by Crippen LogP contribution is 2.42. The van der Waals surface area contributed by atoms with Crippen LogP contribution < -0.4 is 0 Å². The molecule has 270 valence electrons. The topological polar surface area (TPSA) is 56.7 Å². The number of hydrogen-bond acceptors (Lipinski definition) is 6. The molecule has 7 heteroatoms. The normalized spacial score (nSPS) is 12.1. The molecule has 0 fully saturated rings. The Balaban J connectivity index is 1.07. The zero-order chi connectivity index (χ0) is 37.9. The molecule has 0 aliphatic rings. The van der Waals surface area contributed by atoms with Crippen LogP contribution in [0.2, 0.25) is 0 Å². The summed E-state index contributed by atoms with van der Waals surface area (Å²) < 4.78 is 13.8. The Bertz CT molecular complexity index is 3820. The van der Waals surface area contributed by atoms with Crippen LogP contribution in [0.5, 0.6) is 0 Å². The second-order valence-corrected chi connectivity index (χ2v) is 16.9. The number of rotatable bonds is 4. The van der Waals surface area contributed by atoms with Crippen LogP contribution in [-0.4, -0.2) is 19.5 Å². The summed E-state index contributed by atoms with van der Waals surface area (Å²) in [5.41, 5.74) is 7.83. The number of aromatic nitrogens is 4. The van der Waals surface area contributed by atoms with Crippen LogP contribution >= 0.6 is 22.7 Å². The van der Waals surface area contributed by atoms with Gasteiger partial charge in [-0.3, -0.25) is 4.57 Å². The van der Waals surface area contributed by atoms with Crippen molar-refractivity contribution in [3.05, 3.63) is 170 Å². The van der Waals surface area contributed by atoms with Gasteiger partial charge >= 0.3 is 0 Å². The van der Waals surface area contributed by atoms with Crippen molar-refractivity contribution in [2.24, 2.45) is 0 Å². The average Bonchev–Trinajstić information content (AvgIpc) is 4.03. The lowest BCUT2D eigenvalue weighted by Gasteiger charge is -2.11. The summed E-state index contributed by atoms with van der Waals surface area (Å²) in [6, 6.07) is 60.1. The highest BCUT2D eigenvalue weighted by Gasteiger charge is 2.21. The third-order valence-electron chi connectivity index (χ3n) is 11.5. The van der Waals surface area contributed by atoms with E-state index in [4.69, 9.17) is 19.4 Å². The lowest BCUT2D eigenvalue weighted by Crippen LogP contribution is -2.06. The van der Waals surface area contributed by atoms with Crippen LogP contribution in [0.15, 0.2) is 174 Å². The SMILES string of the molecule is c1ccc(-c2cccc3oc4cc(-c5nc(-c6ccc7c(c6)sc6ccccc67)nc(-n6c7ccccc7c7cc8sc9ccccc9c8cc76)n5)ccc4c23)cc1. The fourth-order valence-electron chi connectivity index (χ4n) is 8.81. The molecule has 0 aliphatic heterocycles. The molecular weight excluding hydrogens is 749 g/mol. The van der Waals surface area contributed by atoms with Crippen molar-refractivity contribution in [2.75, 3.05) is 0 Å². The van der Waals surface area contributed by atoms with Crippen molar-refractivity contribution >= 4 is 107 Å². The number of thiophene rings is 2. The van der Waals surface area contributed by atoms with Crippen molar-refractivity contribution in [3.8, 4) is 39.9 Å². The van der Waals surface area contributed by atoms with Gasteiger partial charge in [0.2, 0.25) is 5.95 Å². The molecule has 0 aliphatic carbocycles. The molecule has 0 radical (unpaired) electrons. The fraction of sp³-hybridized carbons (Fsp3) is 0. The number of fused-ring (bicyclic) bond motifs is 12. The molecule has 5 nitrogen and oxygen atoms in total. The minimum Gasteiger partial charge on any atom is -0.456 e. The maximum atomic E-state index is 6.58. The van der Waals surface area contributed by atoms with Crippen molar-refractivity contribution in [1.29, 1.82) is 0 Å². The molecule has 0 N–H and O–H groups in total. The monoisotopic (exact) mass is 776 g/mol. The smallest absolute Gasteiger partial charge is 0.238 e. The van der Waals surface area contributed by atoms with Gasteiger partial charge in [-0.25, -0.2) is 4.98 Å². The second kappa shape index (κ2) is 12.2. The minimum absolute atomic E-state index is 0.567. The van der Waals surface area contributed by atoms with E-state index in [1.54, 1.807) is 11.3 Å². The number of nitrogens with zero attached hydrogens (tertiary/aromatic N) is 4. The molecule has 58 heavy (non-hydrogen) atoms. The Morgan fingerprint density at radius 1 is 0.379 bits per heavy atom. The summed E-state index contributed by atoms with van der Waals surface area (Å²) in [7, 11) is 0. The first-order valence-electron chi connectivity index (χ1n) is 19.3. The van der Waals surface area contributed by atoms with Crippen molar-refractivity contribution in [3.63, 3.8) is 0 Å². The Morgan fingerprint density at radius 2 is 1.02 bits per heavy atom. The van der Waals surface area contributed by atoms with Gasteiger partial charge < -0.3 is 4.42 Å². The molecule has 5 heterocycles. The Labute approximate surface area is 338 Å². The first kappa shape index (κ1) is 32.0. The van der Waals surface area contributed by atoms with Gasteiger partial charge in [-0.2, -0.15) is 9.97 Å². The average molecular weight is 777 g/mol. The molecule has 0 atom stereocenters. The zero-order valence-corrected chi connectivity index (χ0v) is 32.3. The number of furan rings is 1. The van der Waals surface area contributed by atoms with E-state index < -0.39 is 0 Å². The Morgan fingerprint density at radius 3 is 1.81 bits per heavy atom. The van der Waals surface area contributed by atoms with Gasteiger partial charge in [0.25, 0.3) is 0 Å². The van der Waals surface area contributed by atoms with Gasteiger partial charge in [0.05, 0.1) is 11.0 Å². The first-order valence-corrected chi connectivity index (χ1v) is 20.9. The quantitative estimate of drug-likeness (QED) is 0.179. The summed E-state index contributed by atoms with van der Waals surface area (Å²) in [5.74, 6) is 1.76. The maximum Gasteiger partial charge on any atom is 0.238 e. The second-order valence-electron chi connectivity index (χ2n) is 14.8. The van der Waals surface area contributed by atoms with E-state index >= 15 is 0 Å². The van der Waals surface area contributed by atoms with E-state index in [0.29, 0.717) is 17.6 Å². The number of hydrogen-bond donors (Lipinski definition) is 0. The third-order valence-corrected chi connectivity index (χ3v) is 13.7. The van der Waals surface area contributed by atoms with Crippen LogP contribution in [0, 0.1) is 0 Å². The molecule has 0 unspecified atom stereocenters. The zero-order valence-electron chi connectivity index (χ0n) is 30.7. The molecule has 0 saturated carbocycles. The van der Waals surface area contributed by atoms with E-state index in [1.807, 2.05) is 23.5 Å². The highest BCUT2D eigenvalue weighted by molar-refractivity contribution is 7.26. The van der Waals surface area contributed by atoms with Crippen molar-refractivity contribution in [2.45, 2.75) is 0 Å². The fourth-order valence-corrected chi connectivity index (χ4v) is 11.1. The standard InChI is InChI=1S/C51H28N4OS2/c1-2-11-29(12-3-1)32-16-10-18-42-48(32)37-24-22-30(25-43(37)56-42)49-52-50(31-21-23-36-34-14-5-8-19-44(34)57-46(36)26-31)54-51(53-49)55-40-17-7-4-13-33(40)38-28-47-39(27-41(38)55)35-15-6-9-20-45(35)58-47/h1-28H. The van der Waals surface area contributed by atoms with Gasteiger partial charge in [-0.05, 0) is 65.7 Å². The molecular formula is C51H28N4OS2. The van der Waals surface area contributed by atoms with Crippen molar-refractivity contribution in [1.82, 2.24) is 19.5 Å². The van der Waals surface area contributed by atoms with Gasteiger partial charge in [-0.15, -0.1) is 22.7 Å². The summed E-state index contributed by atoms with van der Waals surface area (Å²) in [6.07, 6.45) is 0. The molecule has 0 saturated heterocycles. The lowest BCUT2D eigenvalue weighted by molar-refractivity contribution is 0.669. The minimum atomic E-state index is 0.567. The van der Waals surface area contributed by atoms with E-state index in [1.165, 1.54) is 45.7 Å². The maximum absolute atomic E-state index is 6.58. The van der Waals surface area contributed by atoms with Crippen LogP contribution in [0.1, 0.15) is 0 Å². The molecule has 13 aromatic rings. The Kier molecular flexibility index (Phi) is 6.70. The first-order chi connectivity index (χ1) is 28.7. The summed E-state index contributed by atoms with van der Waals surface area (Å²) in [5, 5.41) is 9.46. The van der Waals surface area contributed by atoms with Crippen LogP contribution in [0.4, 0.5) is 0 Å². The molecule has 5 aromatic heterocycles. The molecule has 0 spiro atoms. The number of para-hydroxylation sites is 1. The molecule has 13 rings (SSSR count). The van der Waals surface area contributed by atoms with Crippen LogP contribution in [0.25, 0.3) is 124 Å². The van der Waals surface area contributed by atoms with Crippen molar-refractivity contribution < 1.29 is 4.42 Å². The van der Waals surface area contributed by atoms with Crippen LogP contribution in [0.3, 0.4) is 0 Å². The van der Waals surface area contributed by atoms with Gasteiger partial charge in [0.1, 0.15) is 11.2 Å². The third kappa shape index (κ3) is 4.72. The molecule has 8 aromatic carbocycles. The number of benzene rings is 8. The van der Waals surface area contributed by atoms with E-state index in [-0.39, 0.29) is 0 Å². The van der Waals surface area contributed by atoms with E-state index in [0.717, 1.165) is 60.6 Å². The summed E-state index contributed by atoms with van der Waals surface area (Å²) in [4.78, 5) is 15.9. The van der Waals surface area contributed by atoms with E-state index in [2.05, 4.69) is 162 Å². The molecule has 0 bridgehead atoms. The van der Waals surface area contributed by atoms with Gasteiger partial charge in [-0.1, -0.05) is 115 Å². The van der Waals surface area contributed by atoms with E-state index in [9.17, 15) is 0 Å². The highest BCUT2D eigenvalue weighted by atomic mass is 32.1. The largest absolute Gasteiger partial charge is 0.456 e. The van der Waals surface area contributed by atoms with Crippen LogP contribution in [-0.2, 0) is 0 Å². The lowest BCUT2D eigenvalue weighted by atomic mass is 9.99. The van der Waals surface area contributed by atoms with Gasteiger partial charge in [0, 0.05) is 73.0 Å². The predicted molar refractivity (Wildman–Crippen MR) is 244 cm³/mol. The molecule has 0 amide bonds. The summed E-state index contributed by atoms with van der Waals surface area (Å²) in [6.45, 7) is 0. The predicted octanol–water partition coefficient (Wildman–Crippen LogP) is 14.6. The van der Waals surface area contributed by atoms with Gasteiger partial charge in [0.15, 0.2) is 11.6 Å². The summed E-state index contributed by atoms with van der Waals surface area (Å²) >= 11 is 3.63. The Hall–Kier alpha value is -7.19.